The van der Waals surface area contributed by atoms with Crippen molar-refractivity contribution in [3.05, 3.63) is 32.6 Å². The van der Waals surface area contributed by atoms with E-state index in [0.717, 1.165) is 25.9 Å². The number of rotatable bonds is 7. The summed E-state index contributed by atoms with van der Waals surface area (Å²) >= 11 is 0. The van der Waals surface area contributed by atoms with Gasteiger partial charge < -0.3 is 9.88 Å². The molecule has 0 bridgehead atoms. The Morgan fingerprint density at radius 3 is 2.72 bits per heavy atom. The largest absolute Gasteiger partial charge is 0.328 e. The van der Waals surface area contributed by atoms with E-state index in [4.69, 9.17) is 0 Å². The first kappa shape index (κ1) is 14.7. The van der Waals surface area contributed by atoms with E-state index >= 15 is 0 Å². The lowest BCUT2D eigenvalue weighted by Gasteiger charge is -2.08. The van der Waals surface area contributed by atoms with Gasteiger partial charge in [0.1, 0.15) is 0 Å². The average molecular weight is 253 g/mol. The molecule has 1 aromatic rings. The Balaban J connectivity index is 2.34. The Morgan fingerprint density at radius 1 is 1.33 bits per heavy atom. The SMILES string of the molecule is Cc1cn(CCCCNCC(C)C)c(=O)[nH]c1=O. The van der Waals surface area contributed by atoms with Crippen LogP contribution >= 0.6 is 0 Å². The van der Waals surface area contributed by atoms with Crippen LogP contribution in [0, 0.1) is 12.8 Å². The molecule has 0 aromatic carbocycles. The Kier molecular flexibility index (Phi) is 5.85. The van der Waals surface area contributed by atoms with Gasteiger partial charge in [-0.25, -0.2) is 4.79 Å². The van der Waals surface area contributed by atoms with Crippen molar-refractivity contribution in [2.24, 2.45) is 5.92 Å². The fraction of sp³-hybridized carbons (Fsp3) is 0.692. The zero-order valence-corrected chi connectivity index (χ0v) is 11.5. The maximum absolute atomic E-state index is 11.5. The number of aromatic amines is 1. The van der Waals surface area contributed by atoms with Crippen molar-refractivity contribution in [1.29, 1.82) is 0 Å². The number of H-pyrrole nitrogens is 1. The molecule has 18 heavy (non-hydrogen) atoms. The zero-order chi connectivity index (χ0) is 13.5. The van der Waals surface area contributed by atoms with E-state index in [9.17, 15) is 9.59 Å². The molecule has 0 spiro atoms. The van der Waals surface area contributed by atoms with Crippen molar-refractivity contribution >= 4 is 0 Å². The molecule has 0 fully saturated rings. The topological polar surface area (TPSA) is 66.9 Å². The van der Waals surface area contributed by atoms with Crippen LogP contribution in [0.3, 0.4) is 0 Å². The van der Waals surface area contributed by atoms with Crippen LogP contribution in [-0.4, -0.2) is 22.6 Å². The molecule has 0 amide bonds. The van der Waals surface area contributed by atoms with Gasteiger partial charge in [0.25, 0.3) is 5.56 Å². The smallest absolute Gasteiger partial charge is 0.316 e. The van der Waals surface area contributed by atoms with Crippen molar-refractivity contribution in [2.45, 2.75) is 40.2 Å². The number of aryl methyl sites for hydroxylation is 2. The summed E-state index contributed by atoms with van der Waals surface area (Å²) in [5, 5.41) is 3.36. The summed E-state index contributed by atoms with van der Waals surface area (Å²) in [4.78, 5) is 25.0. The molecule has 0 saturated heterocycles. The van der Waals surface area contributed by atoms with Crippen LogP contribution in [0.15, 0.2) is 15.8 Å². The van der Waals surface area contributed by atoms with E-state index in [-0.39, 0.29) is 11.2 Å². The highest BCUT2D eigenvalue weighted by Gasteiger charge is 2.00. The highest BCUT2D eigenvalue weighted by Crippen LogP contribution is 1.93. The molecular weight excluding hydrogens is 230 g/mol. The van der Waals surface area contributed by atoms with E-state index in [1.807, 2.05) is 0 Å². The van der Waals surface area contributed by atoms with Gasteiger partial charge in [0, 0.05) is 18.3 Å². The molecule has 0 aliphatic carbocycles. The first-order valence-electron chi connectivity index (χ1n) is 6.52. The summed E-state index contributed by atoms with van der Waals surface area (Å²) in [5.41, 5.74) is -0.0388. The molecule has 0 aliphatic heterocycles. The Hall–Kier alpha value is -1.36. The van der Waals surface area contributed by atoms with Crippen LogP contribution in [0.1, 0.15) is 32.3 Å². The van der Waals surface area contributed by atoms with Crippen molar-refractivity contribution < 1.29 is 0 Å². The summed E-state index contributed by atoms with van der Waals surface area (Å²) in [5.74, 6) is 0.662. The fourth-order valence-electron chi connectivity index (χ4n) is 1.71. The van der Waals surface area contributed by atoms with E-state index in [1.165, 1.54) is 0 Å². The van der Waals surface area contributed by atoms with Crippen molar-refractivity contribution in [2.75, 3.05) is 13.1 Å². The van der Waals surface area contributed by atoms with Gasteiger partial charge in [0.15, 0.2) is 0 Å². The molecule has 5 heteroatoms. The van der Waals surface area contributed by atoms with Crippen LogP contribution in [0.2, 0.25) is 0 Å². The third-order valence-corrected chi connectivity index (χ3v) is 2.74. The predicted molar refractivity (Wildman–Crippen MR) is 73.0 cm³/mol. The van der Waals surface area contributed by atoms with Crippen LogP contribution < -0.4 is 16.6 Å². The van der Waals surface area contributed by atoms with Gasteiger partial charge in [0.05, 0.1) is 0 Å². The molecule has 1 aromatic heterocycles. The van der Waals surface area contributed by atoms with Crippen LogP contribution in [0.25, 0.3) is 0 Å². The molecule has 5 nitrogen and oxygen atoms in total. The van der Waals surface area contributed by atoms with Gasteiger partial charge in [-0.1, -0.05) is 13.8 Å². The first-order valence-corrected chi connectivity index (χ1v) is 6.52. The molecule has 102 valence electrons. The van der Waals surface area contributed by atoms with Gasteiger partial charge in [-0.15, -0.1) is 0 Å². The molecule has 1 heterocycles. The molecule has 0 unspecified atom stereocenters. The number of aromatic nitrogens is 2. The van der Waals surface area contributed by atoms with Crippen LogP contribution in [0.5, 0.6) is 0 Å². The highest BCUT2D eigenvalue weighted by molar-refractivity contribution is 5.00. The highest BCUT2D eigenvalue weighted by atomic mass is 16.2. The summed E-state index contributed by atoms with van der Waals surface area (Å²) in [6, 6.07) is 0. The maximum Gasteiger partial charge on any atom is 0.328 e. The second-order valence-electron chi connectivity index (χ2n) is 5.07. The van der Waals surface area contributed by atoms with Crippen molar-refractivity contribution in [1.82, 2.24) is 14.9 Å². The lowest BCUT2D eigenvalue weighted by atomic mass is 10.2. The van der Waals surface area contributed by atoms with Gasteiger partial charge in [-0.05, 0) is 38.8 Å². The predicted octanol–water partition coefficient (Wildman–Crippen LogP) is 0.871. The Morgan fingerprint density at radius 2 is 2.06 bits per heavy atom. The molecule has 0 aliphatic rings. The third kappa shape index (κ3) is 4.87. The lowest BCUT2D eigenvalue weighted by Crippen LogP contribution is -2.31. The number of unbranched alkanes of at least 4 members (excludes halogenated alkanes) is 1. The van der Waals surface area contributed by atoms with Crippen LogP contribution in [-0.2, 0) is 6.54 Å². The minimum atomic E-state index is -0.319. The molecular formula is C13H23N3O2. The molecule has 1 rings (SSSR count). The van der Waals surface area contributed by atoms with E-state index in [2.05, 4.69) is 24.1 Å². The van der Waals surface area contributed by atoms with Crippen molar-refractivity contribution in [3.8, 4) is 0 Å². The monoisotopic (exact) mass is 253 g/mol. The minimum absolute atomic E-state index is 0.296. The molecule has 2 N–H and O–H groups in total. The minimum Gasteiger partial charge on any atom is -0.316 e. The summed E-state index contributed by atoms with van der Waals surface area (Å²) < 4.78 is 1.57. The standard InChI is InChI=1S/C13H23N3O2/c1-10(2)8-14-6-4-5-7-16-9-11(3)12(17)15-13(16)18/h9-10,14H,4-8H2,1-3H3,(H,15,17,18). The average Bonchev–Trinajstić information content (AvgIpc) is 2.29. The number of hydrogen-bond acceptors (Lipinski definition) is 3. The fourth-order valence-corrected chi connectivity index (χ4v) is 1.71. The van der Waals surface area contributed by atoms with Gasteiger partial charge >= 0.3 is 5.69 Å². The Labute approximate surface area is 107 Å². The normalized spacial score (nSPS) is 11.1. The zero-order valence-electron chi connectivity index (χ0n) is 11.5. The number of nitrogens with one attached hydrogen (secondary N) is 2. The number of nitrogens with zero attached hydrogens (tertiary/aromatic N) is 1. The summed E-state index contributed by atoms with van der Waals surface area (Å²) in [6.07, 6.45) is 3.58. The molecule has 0 atom stereocenters. The molecule has 0 saturated carbocycles. The van der Waals surface area contributed by atoms with E-state index < -0.39 is 0 Å². The van der Waals surface area contributed by atoms with Gasteiger partial charge in [0.2, 0.25) is 0 Å². The first-order chi connectivity index (χ1) is 8.50. The van der Waals surface area contributed by atoms with E-state index in [0.29, 0.717) is 18.0 Å². The lowest BCUT2D eigenvalue weighted by molar-refractivity contribution is 0.513. The Bertz CT molecular complexity index is 474. The van der Waals surface area contributed by atoms with Gasteiger partial charge in [-0.2, -0.15) is 0 Å². The number of hydrogen-bond donors (Lipinski definition) is 2. The summed E-state index contributed by atoms with van der Waals surface area (Å²) in [6.45, 7) is 8.71. The quantitative estimate of drug-likeness (QED) is 0.709. The summed E-state index contributed by atoms with van der Waals surface area (Å²) in [7, 11) is 0. The van der Waals surface area contributed by atoms with Gasteiger partial charge in [-0.3, -0.25) is 9.78 Å². The van der Waals surface area contributed by atoms with E-state index in [1.54, 1.807) is 17.7 Å². The van der Waals surface area contributed by atoms with Crippen molar-refractivity contribution in [3.63, 3.8) is 0 Å². The molecule has 0 radical (unpaired) electrons. The third-order valence-electron chi connectivity index (χ3n) is 2.74. The maximum atomic E-state index is 11.5. The van der Waals surface area contributed by atoms with Crippen LogP contribution in [0.4, 0.5) is 0 Å². The second-order valence-corrected chi connectivity index (χ2v) is 5.07. The second kappa shape index (κ2) is 7.16.